The summed E-state index contributed by atoms with van der Waals surface area (Å²) in [5, 5.41) is 3.05. The van der Waals surface area contributed by atoms with Gasteiger partial charge in [-0.2, -0.15) is 0 Å². The van der Waals surface area contributed by atoms with E-state index in [1.54, 1.807) is 7.11 Å². The van der Waals surface area contributed by atoms with Crippen molar-refractivity contribution in [2.75, 3.05) is 26.9 Å². The smallest absolute Gasteiger partial charge is 0.246 e. The molecule has 0 saturated heterocycles. The molecule has 0 heterocycles. The van der Waals surface area contributed by atoms with Gasteiger partial charge in [-0.15, -0.1) is 0 Å². The molecule has 0 radical (unpaired) electrons. The maximum absolute atomic E-state index is 11.7. The molecule has 0 spiro atoms. The Balaban J connectivity index is 2.16. The maximum atomic E-state index is 11.7. The van der Waals surface area contributed by atoms with Crippen molar-refractivity contribution in [3.05, 3.63) is 0 Å². The summed E-state index contributed by atoms with van der Waals surface area (Å²) in [5.41, 5.74) is 0. The van der Waals surface area contributed by atoms with Crippen LogP contribution in [0, 0.1) is 5.92 Å². The molecule has 18 heavy (non-hydrogen) atoms. The first kappa shape index (κ1) is 15.4. The summed E-state index contributed by atoms with van der Waals surface area (Å²) in [4.78, 5) is 11.7. The molecule has 4 heteroatoms. The zero-order chi connectivity index (χ0) is 13.2. The summed E-state index contributed by atoms with van der Waals surface area (Å²) >= 11 is 0. The quantitative estimate of drug-likeness (QED) is 0.561. The van der Waals surface area contributed by atoms with Gasteiger partial charge in [-0.1, -0.05) is 25.7 Å². The van der Waals surface area contributed by atoms with E-state index in [4.69, 9.17) is 9.47 Å². The van der Waals surface area contributed by atoms with E-state index in [0.29, 0.717) is 19.1 Å². The Bertz CT molecular complexity index is 225. The Morgan fingerprint density at radius 3 is 2.50 bits per heavy atom. The van der Waals surface area contributed by atoms with E-state index in [-0.39, 0.29) is 18.6 Å². The molecule has 1 N–H and O–H groups in total. The summed E-state index contributed by atoms with van der Waals surface area (Å²) in [6, 6.07) is 0.265. The molecule has 1 rings (SSSR count). The van der Waals surface area contributed by atoms with Gasteiger partial charge < -0.3 is 14.8 Å². The number of ether oxygens (including phenoxy) is 2. The average molecular weight is 257 g/mol. The molecule has 1 atom stereocenters. The van der Waals surface area contributed by atoms with Crippen LogP contribution in [0.2, 0.25) is 0 Å². The van der Waals surface area contributed by atoms with Crippen molar-refractivity contribution in [1.82, 2.24) is 5.32 Å². The second-order valence-corrected chi connectivity index (χ2v) is 5.15. The molecule has 0 aliphatic heterocycles. The lowest BCUT2D eigenvalue weighted by Gasteiger charge is -2.23. The highest BCUT2D eigenvalue weighted by Crippen LogP contribution is 2.25. The van der Waals surface area contributed by atoms with Crippen LogP contribution in [-0.2, 0) is 14.3 Å². The first-order valence-electron chi connectivity index (χ1n) is 7.10. The molecule has 1 amide bonds. The van der Waals surface area contributed by atoms with Crippen LogP contribution >= 0.6 is 0 Å². The largest absolute Gasteiger partial charge is 0.382 e. The minimum atomic E-state index is -0.0113. The minimum absolute atomic E-state index is 0.0113. The standard InChI is InChI=1S/C14H27NO3/c1-12(13-7-5-3-4-6-8-13)15-14(16)11-18-10-9-17-2/h12-13H,3-11H2,1-2H3,(H,15,16)/t12-/m1/s1. The van der Waals surface area contributed by atoms with E-state index >= 15 is 0 Å². The van der Waals surface area contributed by atoms with Crippen LogP contribution in [0.1, 0.15) is 45.4 Å². The number of hydrogen-bond donors (Lipinski definition) is 1. The molecule has 106 valence electrons. The molecule has 1 saturated carbocycles. The third-order valence-corrected chi connectivity index (χ3v) is 3.66. The topological polar surface area (TPSA) is 47.6 Å². The number of carbonyl (C=O) groups excluding carboxylic acids is 1. The SMILES string of the molecule is COCCOCC(=O)N[C@H](C)C1CCCCCC1. The molecule has 0 aromatic heterocycles. The normalized spacial score (nSPS) is 19.2. The van der Waals surface area contributed by atoms with Crippen molar-refractivity contribution in [3.63, 3.8) is 0 Å². The second-order valence-electron chi connectivity index (χ2n) is 5.15. The maximum Gasteiger partial charge on any atom is 0.246 e. The fraction of sp³-hybridized carbons (Fsp3) is 0.929. The third-order valence-electron chi connectivity index (χ3n) is 3.66. The Hall–Kier alpha value is -0.610. The molecule has 0 aromatic carbocycles. The van der Waals surface area contributed by atoms with Gasteiger partial charge >= 0.3 is 0 Å². The summed E-state index contributed by atoms with van der Waals surface area (Å²) in [7, 11) is 1.62. The van der Waals surface area contributed by atoms with Crippen LogP contribution in [0.4, 0.5) is 0 Å². The fourth-order valence-electron chi connectivity index (χ4n) is 2.53. The zero-order valence-corrected chi connectivity index (χ0v) is 11.7. The van der Waals surface area contributed by atoms with Gasteiger partial charge in [0.05, 0.1) is 13.2 Å². The lowest BCUT2D eigenvalue weighted by molar-refractivity contribution is -0.127. The Labute approximate surface area is 110 Å². The zero-order valence-electron chi connectivity index (χ0n) is 11.7. The molecular weight excluding hydrogens is 230 g/mol. The van der Waals surface area contributed by atoms with E-state index < -0.39 is 0 Å². The predicted molar refractivity (Wildman–Crippen MR) is 71.5 cm³/mol. The Kier molecular flexibility index (Phi) is 8.01. The highest BCUT2D eigenvalue weighted by Gasteiger charge is 2.20. The highest BCUT2D eigenvalue weighted by molar-refractivity contribution is 5.77. The van der Waals surface area contributed by atoms with Crippen LogP contribution in [0.5, 0.6) is 0 Å². The van der Waals surface area contributed by atoms with Crippen LogP contribution in [0.15, 0.2) is 0 Å². The van der Waals surface area contributed by atoms with Crippen molar-refractivity contribution in [1.29, 1.82) is 0 Å². The van der Waals surface area contributed by atoms with E-state index in [9.17, 15) is 4.79 Å². The Morgan fingerprint density at radius 2 is 1.89 bits per heavy atom. The number of amides is 1. The fourth-order valence-corrected chi connectivity index (χ4v) is 2.53. The lowest BCUT2D eigenvalue weighted by Crippen LogP contribution is -2.40. The minimum Gasteiger partial charge on any atom is -0.382 e. The first-order valence-corrected chi connectivity index (χ1v) is 7.10. The molecule has 0 bridgehead atoms. The number of rotatable bonds is 7. The van der Waals surface area contributed by atoms with Gasteiger partial charge in [0.15, 0.2) is 0 Å². The number of carbonyl (C=O) groups is 1. The number of nitrogens with one attached hydrogen (secondary N) is 1. The highest BCUT2D eigenvalue weighted by atomic mass is 16.5. The summed E-state index contributed by atoms with van der Waals surface area (Å²) in [6.07, 6.45) is 7.77. The van der Waals surface area contributed by atoms with Crippen LogP contribution < -0.4 is 5.32 Å². The summed E-state index contributed by atoms with van der Waals surface area (Å²) < 4.78 is 10.1. The van der Waals surface area contributed by atoms with Gasteiger partial charge in [-0.05, 0) is 25.7 Å². The number of methoxy groups -OCH3 is 1. The second kappa shape index (κ2) is 9.34. The number of hydrogen-bond acceptors (Lipinski definition) is 3. The van der Waals surface area contributed by atoms with E-state index in [0.717, 1.165) is 0 Å². The Morgan fingerprint density at radius 1 is 1.22 bits per heavy atom. The van der Waals surface area contributed by atoms with Gasteiger partial charge in [0, 0.05) is 13.2 Å². The van der Waals surface area contributed by atoms with Gasteiger partial charge in [-0.3, -0.25) is 4.79 Å². The van der Waals surface area contributed by atoms with Crippen LogP contribution in [-0.4, -0.2) is 38.9 Å². The molecule has 1 aliphatic carbocycles. The van der Waals surface area contributed by atoms with Crippen molar-refractivity contribution >= 4 is 5.91 Å². The van der Waals surface area contributed by atoms with Gasteiger partial charge in [0.25, 0.3) is 0 Å². The van der Waals surface area contributed by atoms with E-state index in [1.807, 2.05) is 0 Å². The molecular formula is C14H27NO3. The van der Waals surface area contributed by atoms with E-state index in [1.165, 1.54) is 38.5 Å². The van der Waals surface area contributed by atoms with Crippen molar-refractivity contribution in [2.24, 2.45) is 5.92 Å². The average Bonchev–Trinajstić information content (AvgIpc) is 2.63. The van der Waals surface area contributed by atoms with Gasteiger partial charge in [-0.25, -0.2) is 0 Å². The summed E-state index contributed by atoms with van der Waals surface area (Å²) in [6.45, 7) is 3.26. The van der Waals surface area contributed by atoms with Crippen molar-refractivity contribution in [3.8, 4) is 0 Å². The van der Waals surface area contributed by atoms with Crippen molar-refractivity contribution < 1.29 is 14.3 Å². The van der Waals surface area contributed by atoms with Crippen LogP contribution in [0.25, 0.3) is 0 Å². The van der Waals surface area contributed by atoms with Crippen LogP contribution in [0.3, 0.4) is 0 Å². The third kappa shape index (κ3) is 6.36. The lowest BCUT2D eigenvalue weighted by atomic mass is 9.93. The van der Waals surface area contributed by atoms with E-state index in [2.05, 4.69) is 12.2 Å². The first-order chi connectivity index (χ1) is 8.74. The van der Waals surface area contributed by atoms with Gasteiger partial charge in [0.2, 0.25) is 5.91 Å². The predicted octanol–water partition coefficient (Wildman–Crippen LogP) is 2.12. The van der Waals surface area contributed by atoms with Gasteiger partial charge in [0.1, 0.15) is 6.61 Å². The molecule has 0 aromatic rings. The molecule has 4 nitrogen and oxygen atoms in total. The molecule has 1 fully saturated rings. The molecule has 1 aliphatic rings. The van der Waals surface area contributed by atoms with Crippen molar-refractivity contribution in [2.45, 2.75) is 51.5 Å². The monoisotopic (exact) mass is 257 g/mol. The molecule has 0 unspecified atom stereocenters. The summed E-state index contributed by atoms with van der Waals surface area (Å²) in [5.74, 6) is 0.623.